The van der Waals surface area contributed by atoms with Crippen molar-refractivity contribution in [1.82, 2.24) is 0 Å². The van der Waals surface area contributed by atoms with E-state index >= 15 is 0 Å². The number of carbonyl (C=O) groups excluding carboxylic acids is 3. The Balaban J connectivity index is 4.10. The fourth-order valence-electron chi connectivity index (χ4n) is 10.9. The Hall–Kier alpha value is -2.37. The first-order valence-corrected chi connectivity index (χ1v) is 36.0. The summed E-state index contributed by atoms with van der Waals surface area (Å²) in [6.07, 6.45) is 86.2. The summed E-state index contributed by atoms with van der Waals surface area (Å²) < 4.78 is 17.0. The minimum Gasteiger partial charge on any atom is -0.462 e. The standard InChI is InChI=1S/C74H138O6/c1-4-7-10-13-16-19-22-25-28-29-30-31-32-33-34-35-36-37-38-39-40-41-42-43-44-45-47-49-52-55-58-61-64-67-73(76)79-70-71(69-78-72(75)66-63-60-57-54-51-48-27-24-21-18-15-12-9-6-3)80-74(77)68-65-62-59-56-53-50-46-26-23-20-17-14-11-8-5-2/h24,26-27,29-30,46,71H,4-23,25,28,31-45,47-70H2,1-3H3/b27-24-,30-29-,46-26-. The molecule has 0 rings (SSSR count). The lowest BCUT2D eigenvalue weighted by atomic mass is 10.0. The van der Waals surface area contributed by atoms with Crippen LogP contribution in [0.3, 0.4) is 0 Å². The van der Waals surface area contributed by atoms with Crippen molar-refractivity contribution in [2.45, 2.75) is 406 Å². The lowest BCUT2D eigenvalue weighted by molar-refractivity contribution is -0.167. The van der Waals surface area contributed by atoms with Crippen molar-refractivity contribution in [2.75, 3.05) is 13.2 Å². The Labute approximate surface area is 499 Å². The SMILES string of the molecule is CCCCCCC/C=C\CCCCCCCC(=O)OCC(COC(=O)CCCCCCCCCCCCCCCCCCCCCCC/C=C\CCCCCCCCCC)OC(=O)CCCCCCC/C=C\CCCCCCCC. The smallest absolute Gasteiger partial charge is 0.306 e. The second kappa shape index (κ2) is 69.1. The first-order chi connectivity index (χ1) is 39.5. The van der Waals surface area contributed by atoms with Gasteiger partial charge in [0.15, 0.2) is 6.10 Å². The van der Waals surface area contributed by atoms with E-state index in [1.54, 1.807) is 0 Å². The van der Waals surface area contributed by atoms with Crippen LogP contribution in [0, 0.1) is 0 Å². The van der Waals surface area contributed by atoms with E-state index in [2.05, 4.69) is 57.2 Å². The fourth-order valence-corrected chi connectivity index (χ4v) is 10.9. The summed E-state index contributed by atoms with van der Waals surface area (Å²) in [5.41, 5.74) is 0. The molecule has 0 spiro atoms. The summed E-state index contributed by atoms with van der Waals surface area (Å²) in [4.78, 5) is 38.3. The summed E-state index contributed by atoms with van der Waals surface area (Å²) in [7, 11) is 0. The molecule has 0 N–H and O–H groups in total. The van der Waals surface area contributed by atoms with Gasteiger partial charge in [-0.25, -0.2) is 0 Å². The van der Waals surface area contributed by atoms with Crippen molar-refractivity contribution in [3.63, 3.8) is 0 Å². The highest BCUT2D eigenvalue weighted by Gasteiger charge is 2.19. The van der Waals surface area contributed by atoms with Crippen LogP contribution in [0.15, 0.2) is 36.5 Å². The largest absolute Gasteiger partial charge is 0.462 e. The van der Waals surface area contributed by atoms with Gasteiger partial charge >= 0.3 is 17.9 Å². The average molecular weight is 1120 g/mol. The van der Waals surface area contributed by atoms with Gasteiger partial charge in [0.2, 0.25) is 0 Å². The predicted octanol–water partition coefficient (Wildman–Crippen LogP) is 24.7. The molecule has 470 valence electrons. The van der Waals surface area contributed by atoms with Crippen LogP contribution in [0.5, 0.6) is 0 Å². The Bertz CT molecular complexity index is 1340. The van der Waals surface area contributed by atoms with Gasteiger partial charge in [0.1, 0.15) is 13.2 Å². The lowest BCUT2D eigenvalue weighted by Crippen LogP contribution is -2.30. The summed E-state index contributed by atoms with van der Waals surface area (Å²) in [6.45, 7) is 6.67. The molecule has 0 amide bonds. The molecule has 0 aromatic heterocycles. The molecule has 1 unspecified atom stereocenters. The van der Waals surface area contributed by atoms with E-state index in [1.807, 2.05) is 0 Å². The van der Waals surface area contributed by atoms with Crippen LogP contribution in [0.2, 0.25) is 0 Å². The highest BCUT2D eigenvalue weighted by Crippen LogP contribution is 2.18. The summed E-state index contributed by atoms with van der Waals surface area (Å²) >= 11 is 0. The highest BCUT2D eigenvalue weighted by atomic mass is 16.6. The highest BCUT2D eigenvalue weighted by molar-refractivity contribution is 5.71. The van der Waals surface area contributed by atoms with Gasteiger partial charge in [-0.2, -0.15) is 0 Å². The zero-order valence-electron chi connectivity index (χ0n) is 54.1. The number of ether oxygens (including phenoxy) is 3. The van der Waals surface area contributed by atoms with E-state index in [0.29, 0.717) is 19.3 Å². The maximum Gasteiger partial charge on any atom is 0.306 e. The molecular formula is C74H138O6. The predicted molar refractivity (Wildman–Crippen MR) is 349 cm³/mol. The summed E-state index contributed by atoms with van der Waals surface area (Å²) in [5.74, 6) is -0.865. The molecule has 0 radical (unpaired) electrons. The summed E-state index contributed by atoms with van der Waals surface area (Å²) in [6, 6.07) is 0. The molecule has 0 aliphatic rings. The van der Waals surface area contributed by atoms with Crippen molar-refractivity contribution < 1.29 is 28.6 Å². The van der Waals surface area contributed by atoms with Crippen LogP contribution in [0.1, 0.15) is 400 Å². The van der Waals surface area contributed by atoms with Gasteiger partial charge in [0.25, 0.3) is 0 Å². The van der Waals surface area contributed by atoms with Crippen molar-refractivity contribution >= 4 is 17.9 Å². The Kier molecular flexibility index (Phi) is 67.1. The quantitative estimate of drug-likeness (QED) is 0.0261. The Morgan fingerprint density at radius 2 is 0.412 bits per heavy atom. The lowest BCUT2D eigenvalue weighted by Gasteiger charge is -2.18. The van der Waals surface area contributed by atoms with Gasteiger partial charge in [0.05, 0.1) is 0 Å². The van der Waals surface area contributed by atoms with Gasteiger partial charge < -0.3 is 14.2 Å². The van der Waals surface area contributed by atoms with Crippen molar-refractivity contribution in [2.24, 2.45) is 0 Å². The first-order valence-electron chi connectivity index (χ1n) is 36.0. The van der Waals surface area contributed by atoms with Crippen LogP contribution >= 0.6 is 0 Å². The maximum atomic E-state index is 12.9. The number of allylic oxidation sites excluding steroid dienone is 6. The number of hydrogen-bond donors (Lipinski definition) is 0. The molecule has 1 atom stereocenters. The molecule has 0 aliphatic carbocycles. The molecule has 6 nitrogen and oxygen atoms in total. The average Bonchev–Trinajstić information content (AvgIpc) is 3.46. The molecule has 0 saturated heterocycles. The summed E-state index contributed by atoms with van der Waals surface area (Å²) in [5, 5.41) is 0. The second-order valence-corrected chi connectivity index (χ2v) is 24.5. The van der Waals surface area contributed by atoms with E-state index in [0.717, 1.165) is 70.6 Å². The van der Waals surface area contributed by atoms with Gasteiger partial charge in [-0.15, -0.1) is 0 Å². The number of esters is 3. The van der Waals surface area contributed by atoms with Crippen LogP contribution in [-0.4, -0.2) is 37.2 Å². The fraction of sp³-hybridized carbons (Fsp3) is 0.878. The monoisotopic (exact) mass is 1120 g/mol. The van der Waals surface area contributed by atoms with E-state index < -0.39 is 6.10 Å². The molecule has 0 aliphatic heterocycles. The van der Waals surface area contributed by atoms with Gasteiger partial charge in [-0.1, -0.05) is 320 Å². The maximum absolute atomic E-state index is 12.9. The first kappa shape index (κ1) is 77.6. The van der Waals surface area contributed by atoms with Crippen LogP contribution in [0.25, 0.3) is 0 Å². The van der Waals surface area contributed by atoms with Crippen LogP contribution < -0.4 is 0 Å². The van der Waals surface area contributed by atoms with Crippen molar-refractivity contribution in [1.29, 1.82) is 0 Å². The third-order valence-corrected chi connectivity index (χ3v) is 16.3. The normalized spacial score (nSPS) is 12.2. The molecule has 0 aromatic rings. The number of hydrogen-bond acceptors (Lipinski definition) is 6. The number of unbranched alkanes of at least 4 members (excludes halogenated alkanes) is 50. The molecule has 6 heteroatoms. The van der Waals surface area contributed by atoms with E-state index in [4.69, 9.17) is 14.2 Å². The third kappa shape index (κ3) is 66.4. The van der Waals surface area contributed by atoms with Crippen molar-refractivity contribution in [3.05, 3.63) is 36.5 Å². The van der Waals surface area contributed by atoms with E-state index in [-0.39, 0.29) is 31.1 Å². The minimum absolute atomic E-state index is 0.0736. The molecular weight excluding hydrogens is 985 g/mol. The zero-order valence-corrected chi connectivity index (χ0v) is 54.1. The second-order valence-electron chi connectivity index (χ2n) is 24.5. The number of rotatable bonds is 67. The molecule has 0 heterocycles. The minimum atomic E-state index is -0.778. The molecule has 80 heavy (non-hydrogen) atoms. The third-order valence-electron chi connectivity index (χ3n) is 16.3. The van der Waals surface area contributed by atoms with Crippen molar-refractivity contribution in [3.8, 4) is 0 Å². The van der Waals surface area contributed by atoms with Gasteiger partial charge in [-0.05, 0) is 96.3 Å². The van der Waals surface area contributed by atoms with Crippen LogP contribution in [0.4, 0.5) is 0 Å². The molecule has 0 saturated carbocycles. The Morgan fingerprint density at radius 1 is 0.237 bits per heavy atom. The van der Waals surface area contributed by atoms with Crippen LogP contribution in [-0.2, 0) is 28.6 Å². The van der Waals surface area contributed by atoms with Gasteiger partial charge in [0, 0.05) is 19.3 Å². The molecule has 0 fully saturated rings. The van der Waals surface area contributed by atoms with Gasteiger partial charge in [-0.3, -0.25) is 14.4 Å². The number of carbonyl (C=O) groups is 3. The topological polar surface area (TPSA) is 78.9 Å². The van der Waals surface area contributed by atoms with E-state index in [9.17, 15) is 14.4 Å². The Morgan fingerprint density at radius 3 is 0.625 bits per heavy atom. The molecule has 0 aromatic carbocycles. The zero-order chi connectivity index (χ0) is 57.8. The van der Waals surface area contributed by atoms with E-state index in [1.165, 1.54) is 289 Å². The molecule has 0 bridgehead atoms.